The second kappa shape index (κ2) is 7.00. The van der Waals surface area contributed by atoms with Gasteiger partial charge in [-0.15, -0.1) is 0 Å². The van der Waals surface area contributed by atoms with E-state index >= 15 is 0 Å². The molecule has 0 heterocycles. The Balaban J connectivity index is 1.71. The summed E-state index contributed by atoms with van der Waals surface area (Å²) in [4.78, 5) is 0. The van der Waals surface area contributed by atoms with Crippen molar-refractivity contribution in [1.29, 1.82) is 0 Å². The fourth-order valence-electron chi connectivity index (χ4n) is 1.64. The summed E-state index contributed by atoms with van der Waals surface area (Å²) in [5.74, 6) is -0.299. The lowest BCUT2D eigenvalue weighted by molar-refractivity contribution is 0.299. The first kappa shape index (κ1) is 13.7. The van der Waals surface area contributed by atoms with Crippen LogP contribution in [0, 0.1) is 5.82 Å². The number of nitrogens with one attached hydrogen (secondary N) is 1. The lowest BCUT2D eigenvalue weighted by Crippen LogP contribution is -2.07. The maximum Gasteiger partial charge on any atom is 0.183 e. The molecule has 0 aliphatic heterocycles. The molecule has 0 radical (unpaired) electrons. The highest BCUT2D eigenvalue weighted by Gasteiger charge is 2.06. The first-order chi connectivity index (χ1) is 9.27. The number of halogens is 2. The molecule has 0 aliphatic rings. The summed E-state index contributed by atoms with van der Waals surface area (Å²) < 4.78 is 18.9. The lowest BCUT2D eigenvalue weighted by Gasteiger charge is -2.09. The molecule has 0 unspecified atom stereocenters. The van der Waals surface area contributed by atoms with E-state index in [1.807, 2.05) is 30.3 Å². The van der Waals surface area contributed by atoms with Crippen molar-refractivity contribution >= 4 is 17.3 Å². The minimum Gasteiger partial charge on any atom is -0.490 e. The van der Waals surface area contributed by atoms with Gasteiger partial charge >= 0.3 is 0 Å². The van der Waals surface area contributed by atoms with Crippen molar-refractivity contribution in [2.24, 2.45) is 0 Å². The van der Waals surface area contributed by atoms with Gasteiger partial charge in [0.1, 0.15) is 0 Å². The Morgan fingerprint density at radius 3 is 2.63 bits per heavy atom. The molecule has 0 bridgehead atoms. The molecule has 0 saturated carbocycles. The summed E-state index contributed by atoms with van der Waals surface area (Å²) >= 11 is 5.67. The highest BCUT2D eigenvalue weighted by atomic mass is 35.5. The van der Waals surface area contributed by atoms with Crippen LogP contribution in [0.4, 0.5) is 10.1 Å². The third kappa shape index (κ3) is 4.14. The van der Waals surface area contributed by atoms with Crippen molar-refractivity contribution in [3.8, 4) is 5.75 Å². The van der Waals surface area contributed by atoms with Crippen LogP contribution in [-0.4, -0.2) is 13.2 Å². The largest absolute Gasteiger partial charge is 0.490 e. The molecular weight excluding hydrogens is 265 g/mol. The van der Waals surface area contributed by atoms with Gasteiger partial charge in [0.15, 0.2) is 11.6 Å². The van der Waals surface area contributed by atoms with Crippen molar-refractivity contribution in [1.82, 2.24) is 0 Å². The fourth-order valence-corrected chi connectivity index (χ4v) is 1.80. The Hall–Kier alpha value is -1.74. The molecule has 0 aromatic heterocycles. The third-order valence-electron chi connectivity index (χ3n) is 2.60. The minimum absolute atomic E-state index is 0.0833. The van der Waals surface area contributed by atoms with Crippen LogP contribution in [0.5, 0.6) is 5.75 Å². The van der Waals surface area contributed by atoms with E-state index in [2.05, 4.69) is 5.32 Å². The quantitative estimate of drug-likeness (QED) is 0.793. The van der Waals surface area contributed by atoms with Crippen molar-refractivity contribution in [2.45, 2.75) is 6.42 Å². The molecule has 2 aromatic rings. The van der Waals surface area contributed by atoms with Crippen LogP contribution in [0.2, 0.25) is 5.02 Å². The number of hydrogen-bond donors (Lipinski definition) is 1. The fraction of sp³-hybridized carbons (Fsp3) is 0.200. The van der Waals surface area contributed by atoms with E-state index in [0.29, 0.717) is 6.61 Å². The molecular formula is C15H15ClFNO. The Kier molecular flexibility index (Phi) is 5.04. The maximum atomic E-state index is 13.5. The normalized spacial score (nSPS) is 10.2. The zero-order valence-electron chi connectivity index (χ0n) is 10.4. The molecule has 2 aromatic carbocycles. The van der Waals surface area contributed by atoms with Crippen LogP contribution < -0.4 is 10.1 Å². The van der Waals surface area contributed by atoms with Crippen LogP contribution in [0.15, 0.2) is 48.5 Å². The second-order valence-corrected chi connectivity index (χ2v) is 4.45. The van der Waals surface area contributed by atoms with Gasteiger partial charge < -0.3 is 10.1 Å². The Morgan fingerprint density at radius 2 is 1.84 bits per heavy atom. The van der Waals surface area contributed by atoms with Crippen molar-refractivity contribution in [3.63, 3.8) is 0 Å². The predicted octanol–water partition coefficient (Wildman–Crippen LogP) is 4.36. The second-order valence-electron chi connectivity index (χ2n) is 4.05. The van der Waals surface area contributed by atoms with Gasteiger partial charge in [0, 0.05) is 12.2 Å². The van der Waals surface area contributed by atoms with E-state index in [1.54, 1.807) is 12.1 Å². The topological polar surface area (TPSA) is 21.3 Å². The van der Waals surface area contributed by atoms with Crippen LogP contribution in [-0.2, 0) is 0 Å². The van der Waals surface area contributed by atoms with Gasteiger partial charge in [0.25, 0.3) is 0 Å². The number of benzene rings is 2. The van der Waals surface area contributed by atoms with Gasteiger partial charge in [-0.3, -0.25) is 0 Å². The third-order valence-corrected chi connectivity index (χ3v) is 2.89. The standard InChI is InChI=1S/C15H15ClFNO/c16-13-8-4-9-14(15(13)17)19-11-5-10-18-12-6-2-1-3-7-12/h1-4,6-9,18H,5,10-11H2. The van der Waals surface area contributed by atoms with Crippen molar-refractivity contribution in [2.75, 3.05) is 18.5 Å². The monoisotopic (exact) mass is 279 g/mol. The number of ether oxygens (including phenoxy) is 1. The molecule has 0 aliphatic carbocycles. The zero-order chi connectivity index (χ0) is 13.5. The van der Waals surface area contributed by atoms with Gasteiger partial charge in [0.2, 0.25) is 0 Å². The van der Waals surface area contributed by atoms with Gasteiger partial charge in [-0.25, -0.2) is 4.39 Å². The summed E-state index contributed by atoms with van der Waals surface area (Å²) in [5.41, 5.74) is 1.07. The predicted molar refractivity (Wildman–Crippen MR) is 76.5 cm³/mol. The first-order valence-corrected chi connectivity index (χ1v) is 6.51. The Bertz CT molecular complexity index is 519. The molecule has 100 valence electrons. The van der Waals surface area contributed by atoms with E-state index in [0.717, 1.165) is 18.7 Å². The smallest absolute Gasteiger partial charge is 0.183 e. The summed E-state index contributed by atoms with van der Waals surface area (Å²) in [5, 5.41) is 3.34. The van der Waals surface area contributed by atoms with Crippen LogP contribution >= 0.6 is 11.6 Å². The molecule has 0 fully saturated rings. The van der Waals surface area contributed by atoms with Gasteiger partial charge in [-0.2, -0.15) is 0 Å². The molecule has 2 nitrogen and oxygen atoms in total. The summed E-state index contributed by atoms with van der Waals surface area (Å²) in [7, 11) is 0. The Labute approximate surface area is 117 Å². The highest BCUT2D eigenvalue weighted by molar-refractivity contribution is 6.30. The summed E-state index contributed by atoms with van der Waals surface area (Å²) in [6, 6.07) is 14.7. The average Bonchev–Trinajstić information content (AvgIpc) is 2.44. The SMILES string of the molecule is Fc1c(Cl)cccc1OCCCNc1ccccc1. The van der Waals surface area contributed by atoms with Gasteiger partial charge in [-0.05, 0) is 30.7 Å². The van der Waals surface area contributed by atoms with Crippen molar-refractivity contribution in [3.05, 3.63) is 59.4 Å². The molecule has 4 heteroatoms. The molecule has 0 saturated heterocycles. The lowest BCUT2D eigenvalue weighted by atomic mass is 10.3. The first-order valence-electron chi connectivity index (χ1n) is 6.13. The highest BCUT2D eigenvalue weighted by Crippen LogP contribution is 2.23. The zero-order valence-corrected chi connectivity index (χ0v) is 11.2. The number of hydrogen-bond acceptors (Lipinski definition) is 2. The molecule has 0 amide bonds. The Morgan fingerprint density at radius 1 is 1.05 bits per heavy atom. The minimum atomic E-state index is -0.500. The molecule has 19 heavy (non-hydrogen) atoms. The number of rotatable bonds is 6. The number of para-hydroxylation sites is 1. The van der Waals surface area contributed by atoms with E-state index in [1.165, 1.54) is 6.07 Å². The van der Waals surface area contributed by atoms with E-state index in [9.17, 15) is 4.39 Å². The van der Waals surface area contributed by atoms with E-state index in [-0.39, 0.29) is 10.8 Å². The number of anilines is 1. The summed E-state index contributed by atoms with van der Waals surface area (Å²) in [6.07, 6.45) is 0.779. The van der Waals surface area contributed by atoms with Gasteiger partial charge in [0.05, 0.1) is 11.6 Å². The van der Waals surface area contributed by atoms with E-state index in [4.69, 9.17) is 16.3 Å². The van der Waals surface area contributed by atoms with E-state index < -0.39 is 5.82 Å². The van der Waals surface area contributed by atoms with Crippen LogP contribution in [0.25, 0.3) is 0 Å². The molecule has 2 rings (SSSR count). The summed E-state index contributed by atoms with van der Waals surface area (Å²) in [6.45, 7) is 1.21. The van der Waals surface area contributed by atoms with Gasteiger partial charge in [-0.1, -0.05) is 35.9 Å². The molecule has 1 N–H and O–H groups in total. The maximum absolute atomic E-state index is 13.5. The van der Waals surface area contributed by atoms with Crippen LogP contribution in [0.3, 0.4) is 0 Å². The molecule has 0 atom stereocenters. The average molecular weight is 280 g/mol. The van der Waals surface area contributed by atoms with Crippen molar-refractivity contribution < 1.29 is 9.13 Å². The molecule has 0 spiro atoms. The van der Waals surface area contributed by atoms with Crippen LogP contribution in [0.1, 0.15) is 6.42 Å².